The van der Waals surface area contributed by atoms with Crippen LogP contribution < -0.4 is 5.32 Å². The SMILES string of the molecule is COCCC(NC1c2ccccc2CC1O)C(C)C. The Morgan fingerprint density at radius 1 is 1.37 bits per heavy atom. The molecule has 2 N–H and O–H groups in total. The molecule has 0 fully saturated rings. The summed E-state index contributed by atoms with van der Waals surface area (Å²) < 4.78 is 5.18. The molecule has 0 aliphatic heterocycles. The lowest BCUT2D eigenvalue weighted by Gasteiger charge is -2.28. The molecule has 0 saturated carbocycles. The van der Waals surface area contributed by atoms with Crippen molar-refractivity contribution in [3.63, 3.8) is 0 Å². The van der Waals surface area contributed by atoms with Gasteiger partial charge >= 0.3 is 0 Å². The van der Waals surface area contributed by atoms with Gasteiger partial charge in [-0.1, -0.05) is 38.1 Å². The Bertz CT molecular complexity index is 405. The minimum absolute atomic E-state index is 0.0560. The number of nitrogens with one attached hydrogen (secondary N) is 1. The Labute approximate surface area is 116 Å². The van der Waals surface area contributed by atoms with Gasteiger partial charge in [0.05, 0.1) is 12.1 Å². The van der Waals surface area contributed by atoms with E-state index in [1.54, 1.807) is 7.11 Å². The predicted octanol–water partition coefficient (Wildman–Crippen LogP) is 2.30. The van der Waals surface area contributed by atoms with Gasteiger partial charge in [-0.05, 0) is 23.5 Å². The zero-order chi connectivity index (χ0) is 13.8. The average molecular weight is 263 g/mol. The lowest BCUT2D eigenvalue weighted by atomic mass is 9.98. The molecule has 1 aliphatic rings. The first-order valence-electron chi connectivity index (χ1n) is 7.14. The van der Waals surface area contributed by atoms with Crippen LogP contribution in [0, 0.1) is 5.92 Å². The summed E-state index contributed by atoms with van der Waals surface area (Å²) in [6.45, 7) is 5.17. The van der Waals surface area contributed by atoms with E-state index in [2.05, 4.69) is 31.3 Å². The number of rotatable bonds is 6. The molecule has 0 aromatic heterocycles. The Balaban J connectivity index is 2.08. The molecule has 106 valence electrons. The van der Waals surface area contributed by atoms with Crippen LogP contribution in [-0.4, -0.2) is 31.0 Å². The number of aliphatic hydroxyl groups excluding tert-OH is 1. The van der Waals surface area contributed by atoms with E-state index in [-0.39, 0.29) is 12.1 Å². The fourth-order valence-corrected chi connectivity index (χ4v) is 2.86. The molecule has 0 bridgehead atoms. The summed E-state index contributed by atoms with van der Waals surface area (Å²) in [6, 6.07) is 8.74. The summed E-state index contributed by atoms with van der Waals surface area (Å²) in [5.74, 6) is 0.523. The fourth-order valence-electron chi connectivity index (χ4n) is 2.86. The van der Waals surface area contributed by atoms with Gasteiger partial charge < -0.3 is 15.2 Å². The van der Waals surface area contributed by atoms with Crippen molar-refractivity contribution in [2.24, 2.45) is 5.92 Å². The number of ether oxygens (including phenoxy) is 1. The Morgan fingerprint density at radius 3 is 2.79 bits per heavy atom. The van der Waals surface area contributed by atoms with Crippen molar-refractivity contribution in [3.05, 3.63) is 35.4 Å². The van der Waals surface area contributed by atoms with Crippen LogP contribution in [0.25, 0.3) is 0 Å². The van der Waals surface area contributed by atoms with Crippen molar-refractivity contribution in [1.29, 1.82) is 0 Å². The maximum Gasteiger partial charge on any atom is 0.0775 e. The molecule has 0 radical (unpaired) electrons. The van der Waals surface area contributed by atoms with Crippen LogP contribution >= 0.6 is 0 Å². The molecule has 1 aromatic rings. The topological polar surface area (TPSA) is 41.5 Å². The Morgan fingerprint density at radius 2 is 2.11 bits per heavy atom. The van der Waals surface area contributed by atoms with Gasteiger partial charge in [0.15, 0.2) is 0 Å². The van der Waals surface area contributed by atoms with Crippen molar-refractivity contribution < 1.29 is 9.84 Å². The minimum atomic E-state index is -0.318. The quantitative estimate of drug-likeness (QED) is 0.827. The van der Waals surface area contributed by atoms with Crippen molar-refractivity contribution in [2.45, 2.75) is 44.9 Å². The molecule has 0 amide bonds. The standard InChI is InChI=1S/C16H25NO2/c1-11(2)14(8-9-19-3)17-16-13-7-5-4-6-12(13)10-15(16)18/h4-7,11,14-18H,8-10H2,1-3H3. The van der Waals surface area contributed by atoms with Gasteiger partial charge in [-0.2, -0.15) is 0 Å². The van der Waals surface area contributed by atoms with E-state index in [0.29, 0.717) is 12.0 Å². The van der Waals surface area contributed by atoms with E-state index in [9.17, 15) is 5.11 Å². The molecule has 3 heteroatoms. The van der Waals surface area contributed by atoms with Crippen LogP contribution in [0.15, 0.2) is 24.3 Å². The smallest absolute Gasteiger partial charge is 0.0775 e. The van der Waals surface area contributed by atoms with Crippen molar-refractivity contribution in [2.75, 3.05) is 13.7 Å². The van der Waals surface area contributed by atoms with Crippen molar-refractivity contribution >= 4 is 0 Å². The van der Waals surface area contributed by atoms with E-state index >= 15 is 0 Å². The summed E-state index contributed by atoms with van der Waals surface area (Å²) in [6.07, 6.45) is 1.41. The maximum atomic E-state index is 10.3. The predicted molar refractivity (Wildman–Crippen MR) is 77.1 cm³/mol. The van der Waals surface area contributed by atoms with Gasteiger partial charge in [-0.15, -0.1) is 0 Å². The molecule has 0 saturated heterocycles. The summed E-state index contributed by atoms with van der Waals surface area (Å²) in [4.78, 5) is 0. The third-order valence-electron chi connectivity index (χ3n) is 4.04. The maximum absolute atomic E-state index is 10.3. The highest BCUT2D eigenvalue weighted by atomic mass is 16.5. The third kappa shape index (κ3) is 3.35. The number of methoxy groups -OCH3 is 1. The molecule has 2 rings (SSSR count). The van der Waals surface area contributed by atoms with Crippen LogP contribution in [0.3, 0.4) is 0 Å². The monoisotopic (exact) mass is 263 g/mol. The first-order valence-corrected chi connectivity index (χ1v) is 7.14. The van der Waals surface area contributed by atoms with Crippen LogP contribution in [0.5, 0.6) is 0 Å². The molecule has 0 heterocycles. The van der Waals surface area contributed by atoms with E-state index < -0.39 is 0 Å². The first-order chi connectivity index (χ1) is 9.13. The number of hydrogen-bond donors (Lipinski definition) is 2. The number of hydrogen-bond acceptors (Lipinski definition) is 3. The lowest BCUT2D eigenvalue weighted by molar-refractivity contribution is 0.118. The summed E-state index contributed by atoms with van der Waals surface area (Å²) in [5.41, 5.74) is 2.51. The molecular weight excluding hydrogens is 238 g/mol. The fraction of sp³-hybridized carbons (Fsp3) is 0.625. The highest BCUT2D eigenvalue weighted by Gasteiger charge is 2.32. The summed E-state index contributed by atoms with van der Waals surface area (Å²) >= 11 is 0. The molecule has 3 unspecified atom stereocenters. The second-order valence-electron chi connectivity index (χ2n) is 5.75. The van der Waals surface area contributed by atoms with E-state index in [1.807, 2.05) is 12.1 Å². The van der Waals surface area contributed by atoms with Crippen molar-refractivity contribution in [1.82, 2.24) is 5.32 Å². The molecular formula is C16H25NO2. The summed E-state index contributed by atoms with van der Waals surface area (Å²) in [7, 11) is 1.73. The normalized spacial score (nSPS) is 23.6. The second kappa shape index (κ2) is 6.51. The highest BCUT2D eigenvalue weighted by molar-refractivity contribution is 5.36. The van der Waals surface area contributed by atoms with Gasteiger partial charge in [-0.25, -0.2) is 0 Å². The largest absolute Gasteiger partial charge is 0.391 e. The number of fused-ring (bicyclic) bond motifs is 1. The van der Waals surface area contributed by atoms with Crippen LogP contribution in [-0.2, 0) is 11.2 Å². The van der Waals surface area contributed by atoms with Gasteiger partial charge in [0.25, 0.3) is 0 Å². The van der Waals surface area contributed by atoms with Crippen LogP contribution in [0.1, 0.15) is 37.4 Å². The zero-order valence-electron chi connectivity index (χ0n) is 12.1. The second-order valence-corrected chi connectivity index (χ2v) is 5.75. The van der Waals surface area contributed by atoms with Gasteiger partial charge in [0, 0.05) is 26.2 Å². The van der Waals surface area contributed by atoms with E-state index in [1.165, 1.54) is 11.1 Å². The van der Waals surface area contributed by atoms with Gasteiger partial charge in [0.2, 0.25) is 0 Å². The third-order valence-corrected chi connectivity index (χ3v) is 4.04. The molecule has 0 spiro atoms. The first kappa shape index (κ1) is 14.5. The molecule has 1 aliphatic carbocycles. The van der Waals surface area contributed by atoms with Crippen molar-refractivity contribution in [3.8, 4) is 0 Å². The zero-order valence-corrected chi connectivity index (χ0v) is 12.1. The molecule has 3 nitrogen and oxygen atoms in total. The Kier molecular flexibility index (Phi) is 4.97. The van der Waals surface area contributed by atoms with E-state index in [0.717, 1.165) is 19.4 Å². The number of benzene rings is 1. The highest BCUT2D eigenvalue weighted by Crippen LogP contribution is 2.32. The van der Waals surface area contributed by atoms with E-state index in [4.69, 9.17) is 4.74 Å². The molecule has 19 heavy (non-hydrogen) atoms. The number of aliphatic hydroxyl groups is 1. The summed E-state index contributed by atoms with van der Waals surface area (Å²) in [5, 5.41) is 13.9. The molecule has 3 atom stereocenters. The lowest BCUT2D eigenvalue weighted by Crippen LogP contribution is -2.40. The van der Waals surface area contributed by atoms with Crippen LogP contribution in [0.4, 0.5) is 0 Å². The van der Waals surface area contributed by atoms with Crippen LogP contribution in [0.2, 0.25) is 0 Å². The molecule has 1 aromatic carbocycles. The van der Waals surface area contributed by atoms with Gasteiger partial charge in [-0.3, -0.25) is 0 Å². The van der Waals surface area contributed by atoms with Gasteiger partial charge in [0.1, 0.15) is 0 Å². The minimum Gasteiger partial charge on any atom is -0.391 e. The Hall–Kier alpha value is -0.900. The average Bonchev–Trinajstić information content (AvgIpc) is 2.70.